The molecule has 3 fully saturated rings. The third-order valence-electron chi connectivity index (χ3n) is 9.12. The molecule has 2 aromatic rings. The van der Waals surface area contributed by atoms with Gasteiger partial charge in [0.15, 0.2) is 0 Å². The zero-order valence-electron chi connectivity index (χ0n) is 21.7. The quantitative estimate of drug-likeness (QED) is 0.489. The Morgan fingerprint density at radius 1 is 0.971 bits per heavy atom. The molecule has 2 aromatic carbocycles. The molecule has 2 aliphatic carbocycles. The fraction of sp³-hybridized carbons (Fsp3) is 0.613. The molecule has 0 aromatic heterocycles. The molecule has 2 saturated carbocycles. The van der Waals surface area contributed by atoms with E-state index in [1.807, 2.05) is 0 Å². The van der Waals surface area contributed by atoms with Gasteiger partial charge in [-0.2, -0.15) is 0 Å². The number of aliphatic hydroxyl groups is 1. The van der Waals surface area contributed by atoms with Gasteiger partial charge in [-0.25, -0.2) is 0 Å². The van der Waals surface area contributed by atoms with Gasteiger partial charge in [-0.1, -0.05) is 0 Å². The van der Waals surface area contributed by atoms with E-state index in [2.05, 4.69) is 86.3 Å². The molecule has 3 aliphatic rings. The first-order valence-electron chi connectivity index (χ1n) is 13.7. The Morgan fingerprint density at radius 2 is 1.69 bits per heavy atom. The topological polar surface area (TPSA) is 32.7 Å². The van der Waals surface area contributed by atoms with Crippen molar-refractivity contribution in [2.24, 2.45) is 11.8 Å². The van der Waals surface area contributed by atoms with E-state index < -0.39 is 0 Å². The Kier molecular flexibility index (Phi) is 7.78. The fourth-order valence-electron chi connectivity index (χ4n) is 6.96. The Morgan fingerprint density at radius 3 is 2.40 bits per heavy atom. The Bertz CT molecular complexity index is 951. The van der Waals surface area contributed by atoms with Crippen LogP contribution in [0.15, 0.2) is 60.7 Å². The van der Waals surface area contributed by atoms with Crippen molar-refractivity contribution in [3.8, 4) is 0 Å². The third kappa shape index (κ3) is 5.43. The van der Waals surface area contributed by atoms with E-state index in [0.29, 0.717) is 31.6 Å². The van der Waals surface area contributed by atoms with Crippen LogP contribution in [-0.2, 0) is 4.74 Å². The summed E-state index contributed by atoms with van der Waals surface area (Å²) in [6.45, 7) is 8.99. The molecular formula is C31H43NO2Se. The Hall–Kier alpha value is -1.16. The minimum atomic E-state index is -0.210. The second-order valence-corrected chi connectivity index (χ2v) is 14.6. The molecule has 1 spiro atoms. The molecule has 1 N–H and O–H groups in total. The summed E-state index contributed by atoms with van der Waals surface area (Å²) in [6.07, 6.45) is 8.11. The summed E-state index contributed by atoms with van der Waals surface area (Å²) in [6, 6.07) is 22.0. The van der Waals surface area contributed by atoms with Crippen molar-refractivity contribution in [3.05, 3.63) is 66.2 Å². The molecule has 1 saturated heterocycles. The summed E-state index contributed by atoms with van der Waals surface area (Å²) >= 11 is 0.385. The van der Waals surface area contributed by atoms with Gasteiger partial charge in [0.25, 0.3) is 0 Å². The molecule has 6 atom stereocenters. The zero-order chi connectivity index (χ0) is 24.5. The first-order valence-corrected chi connectivity index (χ1v) is 15.6. The van der Waals surface area contributed by atoms with Crippen molar-refractivity contribution in [3.63, 3.8) is 0 Å². The van der Waals surface area contributed by atoms with Crippen LogP contribution in [0.1, 0.15) is 77.4 Å². The predicted molar refractivity (Wildman–Crippen MR) is 145 cm³/mol. The summed E-state index contributed by atoms with van der Waals surface area (Å²) in [4.78, 5) is 3.31. The number of morpholine rings is 1. The summed E-state index contributed by atoms with van der Waals surface area (Å²) in [7, 11) is 0. The van der Waals surface area contributed by atoms with Crippen molar-refractivity contribution in [1.82, 2.24) is 4.90 Å². The van der Waals surface area contributed by atoms with Gasteiger partial charge < -0.3 is 0 Å². The standard InChI is InChI=1S/C31H43NO2Se/c1-23-17-18-26(27(33)20-23)30(2,3)32-21-28(24-12-6-4-7-13-24)34-31(22-32)19-11-10-16-29(31)35-25-14-8-5-9-15-25/h4-9,12-15,23,26-29,33H,10-11,16-22H2,1-3H3/t23-,26-,27-,28-,29+,31-/m1/s1. The summed E-state index contributed by atoms with van der Waals surface area (Å²) in [5.41, 5.74) is 1.11. The molecule has 3 nitrogen and oxygen atoms in total. The van der Waals surface area contributed by atoms with Crippen molar-refractivity contribution >= 4 is 19.4 Å². The van der Waals surface area contributed by atoms with Crippen LogP contribution >= 0.6 is 0 Å². The molecule has 1 heterocycles. The Labute approximate surface area is 218 Å². The van der Waals surface area contributed by atoms with Gasteiger partial charge in [-0.15, -0.1) is 0 Å². The molecule has 1 aliphatic heterocycles. The maximum absolute atomic E-state index is 11.2. The number of rotatable bonds is 5. The van der Waals surface area contributed by atoms with Crippen LogP contribution in [0.5, 0.6) is 0 Å². The fourth-order valence-corrected chi connectivity index (χ4v) is 9.87. The number of nitrogens with zero attached hydrogens (tertiary/aromatic N) is 1. The molecule has 0 unspecified atom stereocenters. The van der Waals surface area contributed by atoms with E-state index >= 15 is 0 Å². The van der Waals surface area contributed by atoms with Crippen molar-refractivity contribution in [1.29, 1.82) is 0 Å². The predicted octanol–water partition coefficient (Wildman–Crippen LogP) is 5.77. The summed E-state index contributed by atoms with van der Waals surface area (Å²) < 4.78 is 8.74. The van der Waals surface area contributed by atoms with Crippen LogP contribution in [0.4, 0.5) is 0 Å². The normalized spacial score (nSPS) is 34.7. The van der Waals surface area contributed by atoms with Crippen molar-refractivity contribution < 1.29 is 9.84 Å². The van der Waals surface area contributed by atoms with Gasteiger partial charge >= 0.3 is 219 Å². The monoisotopic (exact) mass is 541 g/mol. The van der Waals surface area contributed by atoms with Gasteiger partial charge in [0.05, 0.1) is 0 Å². The number of hydrogen-bond acceptors (Lipinski definition) is 3. The average molecular weight is 541 g/mol. The van der Waals surface area contributed by atoms with Crippen molar-refractivity contribution in [2.75, 3.05) is 13.1 Å². The molecule has 35 heavy (non-hydrogen) atoms. The van der Waals surface area contributed by atoms with Crippen LogP contribution < -0.4 is 4.46 Å². The van der Waals surface area contributed by atoms with Gasteiger partial charge in [-0.3, -0.25) is 0 Å². The molecule has 5 rings (SSSR count). The number of benzene rings is 2. The van der Waals surface area contributed by atoms with Gasteiger partial charge in [0.2, 0.25) is 0 Å². The van der Waals surface area contributed by atoms with Crippen LogP contribution in [0, 0.1) is 11.8 Å². The maximum atomic E-state index is 11.2. The summed E-state index contributed by atoms with van der Waals surface area (Å²) in [5.74, 6) is 0.938. The zero-order valence-corrected chi connectivity index (χ0v) is 23.4. The Balaban J connectivity index is 1.48. The first-order chi connectivity index (χ1) is 16.9. The van der Waals surface area contributed by atoms with E-state index in [-0.39, 0.29) is 23.3 Å². The molecule has 190 valence electrons. The van der Waals surface area contributed by atoms with E-state index in [1.165, 1.54) is 35.7 Å². The molecular weight excluding hydrogens is 497 g/mol. The van der Waals surface area contributed by atoms with Gasteiger partial charge in [0, 0.05) is 0 Å². The van der Waals surface area contributed by atoms with Crippen molar-refractivity contribution in [2.45, 2.75) is 93.9 Å². The van der Waals surface area contributed by atoms with E-state index in [0.717, 1.165) is 32.4 Å². The van der Waals surface area contributed by atoms with Crippen LogP contribution in [0.2, 0.25) is 4.82 Å². The van der Waals surface area contributed by atoms with E-state index in [1.54, 1.807) is 0 Å². The first kappa shape index (κ1) is 25.5. The third-order valence-corrected chi connectivity index (χ3v) is 12.3. The second kappa shape index (κ2) is 10.7. The van der Waals surface area contributed by atoms with E-state index in [9.17, 15) is 5.11 Å². The summed E-state index contributed by atoms with van der Waals surface area (Å²) in [5, 5.41) is 11.2. The molecule has 4 heteroatoms. The van der Waals surface area contributed by atoms with Crippen LogP contribution in [0.25, 0.3) is 0 Å². The van der Waals surface area contributed by atoms with Crippen LogP contribution in [0.3, 0.4) is 0 Å². The minimum absolute atomic E-state index is 0.0644. The second-order valence-electron chi connectivity index (χ2n) is 11.9. The van der Waals surface area contributed by atoms with Gasteiger partial charge in [0.1, 0.15) is 0 Å². The van der Waals surface area contributed by atoms with Crippen LogP contribution in [-0.4, -0.2) is 55.3 Å². The molecule has 0 amide bonds. The number of hydrogen-bond donors (Lipinski definition) is 1. The number of aliphatic hydroxyl groups excluding tert-OH is 1. The molecule has 0 bridgehead atoms. The SMILES string of the molecule is C[C@@H]1CC[C@@H](C(C)(C)N2C[C@H](c3ccccc3)O[C@]3(CCCC[C@@H]3[Se]c3ccccc3)C2)[C@H](O)C1. The van der Waals surface area contributed by atoms with E-state index in [4.69, 9.17) is 4.74 Å². The molecule has 0 radical (unpaired) electrons. The number of ether oxygens (including phenoxy) is 1. The average Bonchev–Trinajstić information content (AvgIpc) is 2.86. The van der Waals surface area contributed by atoms with Gasteiger partial charge in [-0.05, 0) is 0 Å².